The lowest BCUT2D eigenvalue weighted by atomic mass is 9.96. The lowest BCUT2D eigenvalue weighted by molar-refractivity contribution is 0.0570. The van der Waals surface area contributed by atoms with Crippen LogP contribution < -0.4 is 10.5 Å². The smallest absolute Gasteiger partial charge is 0.338 e. The maximum absolute atomic E-state index is 13.1. The van der Waals surface area contributed by atoms with Gasteiger partial charge in [0.15, 0.2) is 0 Å². The highest BCUT2D eigenvalue weighted by atomic mass is 32.1. The van der Waals surface area contributed by atoms with Crippen molar-refractivity contribution in [3.63, 3.8) is 0 Å². The number of anilines is 1. The van der Waals surface area contributed by atoms with Crippen LogP contribution in [0.3, 0.4) is 0 Å². The molecule has 0 saturated carbocycles. The molecule has 2 amide bonds. The molecule has 2 aliphatic heterocycles. The van der Waals surface area contributed by atoms with Gasteiger partial charge in [0, 0.05) is 24.5 Å². The second-order valence-electron chi connectivity index (χ2n) is 8.34. The number of nitrogen functional groups attached to an aromatic ring is 1. The van der Waals surface area contributed by atoms with Gasteiger partial charge in [-0.05, 0) is 41.8 Å². The van der Waals surface area contributed by atoms with E-state index in [1.54, 1.807) is 31.4 Å². The summed E-state index contributed by atoms with van der Waals surface area (Å²) < 4.78 is 5.25. The van der Waals surface area contributed by atoms with Gasteiger partial charge in [-0.3, -0.25) is 19.4 Å². The van der Waals surface area contributed by atoms with Crippen LogP contribution in [0.15, 0.2) is 48.5 Å². The number of rotatable bonds is 6. The second-order valence-corrected chi connectivity index (χ2v) is 9.42. The minimum Gasteiger partial charge on any atom is -0.497 e. The number of methoxy groups -OCH3 is 1. The summed E-state index contributed by atoms with van der Waals surface area (Å²) in [6.07, 6.45) is 0.527. The highest BCUT2D eigenvalue weighted by Crippen LogP contribution is 2.42. The van der Waals surface area contributed by atoms with E-state index in [2.05, 4.69) is 4.90 Å². The number of imide groups is 1. The Morgan fingerprint density at radius 1 is 1.12 bits per heavy atom. The standard InChI is InChI=1S/C25H23N3O5S/c1-33-15-8-6-14(7-9-15)12-27-11-10-18-20(25(31)32)22(26)34-21(18)19(27)13-28-23(29)16-4-2-3-5-17(16)24(28)30/h2-9,19H,10-13,26H2,1H3,(H,31,32). The van der Waals surface area contributed by atoms with Crippen molar-refractivity contribution in [2.24, 2.45) is 0 Å². The van der Waals surface area contributed by atoms with Gasteiger partial charge >= 0.3 is 5.97 Å². The molecule has 8 nitrogen and oxygen atoms in total. The Kier molecular flexibility index (Phi) is 5.59. The molecule has 1 atom stereocenters. The topological polar surface area (TPSA) is 113 Å². The normalized spacial score (nSPS) is 17.6. The fraction of sp³-hybridized carbons (Fsp3) is 0.240. The van der Waals surface area contributed by atoms with Crippen molar-refractivity contribution in [3.05, 3.63) is 81.2 Å². The largest absolute Gasteiger partial charge is 0.497 e. The van der Waals surface area contributed by atoms with Crippen molar-refractivity contribution in [2.45, 2.75) is 19.0 Å². The fourth-order valence-electron chi connectivity index (χ4n) is 4.76. The molecule has 3 N–H and O–H groups in total. The summed E-state index contributed by atoms with van der Waals surface area (Å²) in [6, 6.07) is 14.1. The number of amides is 2. The molecule has 0 bridgehead atoms. The van der Waals surface area contributed by atoms with E-state index < -0.39 is 5.97 Å². The van der Waals surface area contributed by atoms with E-state index in [1.807, 2.05) is 24.3 Å². The van der Waals surface area contributed by atoms with Gasteiger partial charge in [-0.15, -0.1) is 11.3 Å². The molecule has 0 spiro atoms. The molecule has 5 rings (SSSR count). The van der Waals surface area contributed by atoms with E-state index >= 15 is 0 Å². The van der Waals surface area contributed by atoms with E-state index in [4.69, 9.17) is 10.5 Å². The minimum atomic E-state index is -1.06. The molecule has 0 radical (unpaired) electrons. The number of fused-ring (bicyclic) bond motifs is 2. The van der Waals surface area contributed by atoms with Crippen molar-refractivity contribution in [3.8, 4) is 5.75 Å². The first-order valence-corrected chi connectivity index (χ1v) is 11.7. The maximum Gasteiger partial charge on any atom is 0.338 e. The van der Waals surface area contributed by atoms with Crippen LogP contribution in [0, 0.1) is 0 Å². The Morgan fingerprint density at radius 2 is 1.76 bits per heavy atom. The number of carbonyl (C=O) groups is 3. The summed E-state index contributed by atoms with van der Waals surface area (Å²) in [7, 11) is 1.61. The van der Waals surface area contributed by atoms with Crippen molar-refractivity contribution in [1.82, 2.24) is 9.80 Å². The first-order chi connectivity index (χ1) is 16.4. The van der Waals surface area contributed by atoms with Crippen LogP contribution in [0.2, 0.25) is 0 Å². The predicted molar refractivity (Wildman–Crippen MR) is 127 cm³/mol. The van der Waals surface area contributed by atoms with Crippen molar-refractivity contribution in [2.75, 3.05) is 25.9 Å². The van der Waals surface area contributed by atoms with Crippen LogP contribution in [-0.2, 0) is 13.0 Å². The van der Waals surface area contributed by atoms with E-state index in [0.717, 1.165) is 16.2 Å². The summed E-state index contributed by atoms with van der Waals surface area (Å²) in [4.78, 5) is 42.2. The van der Waals surface area contributed by atoms with Crippen LogP contribution in [0.25, 0.3) is 0 Å². The summed E-state index contributed by atoms with van der Waals surface area (Å²) >= 11 is 1.23. The number of carboxylic acid groups (broad SMARTS) is 1. The Labute approximate surface area is 200 Å². The van der Waals surface area contributed by atoms with Crippen LogP contribution >= 0.6 is 11.3 Å². The quantitative estimate of drug-likeness (QED) is 0.523. The molecule has 3 aromatic rings. The van der Waals surface area contributed by atoms with Crippen molar-refractivity contribution < 1.29 is 24.2 Å². The molecule has 3 heterocycles. The first kappa shape index (κ1) is 22.1. The van der Waals surface area contributed by atoms with Crippen LogP contribution in [0.1, 0.15) is 53.1 Å². The van der Waals surface area contributed by atoms with Gasteiger partial charge < -0.3 is 15.6 Å². The molecular weight excluding hydrogens is 454 g/mol. The lowest BCUT2D eigenvalue weighted by Gasteiger charge is -2.37. The number of carboxylic acids is 1. The van der Waals surface area contributed by atoms with Crippen LogP contribution in [-0.4, -0.2) is 52.9 Å². The number of thiophene rings is 1. The monoisotopic (exact) mass is 477 g/mol. The average molecular weight is 478 g/mol. The zero-order chi connectivity index (χ0) is 24.0. The summed E-state index contributed by atoms with van der Waals surface area (Å²) in [5, 5.41) is 9.96. The first-order valence-electron chi connectivity index (χ1n) is 10.9. The fourth-order valence-corrected chi connectivity index (χ4v) is 6.00. The number of nitrogens with zero attached hydrogens (tertiary/aromatic N) is 2. The molecule has 1 unspecified atom stereocenters. The van der Waals surface area contributed by atoms with Gasteiger partial charge in [-0.2, -0.15) is 0 Å². The number of hydrogen-bond donors (Lipinski definition) is 2. The second kappa shape index (κ2) is 8.58. The van der Waals surface area contributed by atoms with E-state index in [1.165, 1.54) is 16.2 Å². The van der Waals surface area contributed by atoms with Gasteiger partial charge in [0.25, 0.3) is 11.8 Å². The molecule has 0 saturated heterocycles. The zero-order valence-electron chi connectivity index (χ0n) is 18.5. The average Bonchev–Trinajstić information content (AvgIpc) is 3.30. The highest BCUT2D eigenvalue weighted by molar-refractivity contribution is 7.16. The molecule has 9 heteroatoms. The number of nitrogens with two attached hydrogens (primary N) is 1. The van der Waals surface area contributed by atoms with Crippen LogP contribution in [0.5, 0.6) is 5.75 Å². The molecule has 174 valence electrons. The van der Waals surface area contributed by atoms with E-state index in [0.29, 0.717) is 36.2 Å². The van der Waals surface area contributed by atoms with E-state index in [-0.39, 0.29) is 35.0 Å². The number of aromatic carboxylic acids is 1. The Hall–Kier alpha value is -3.69. The van der Waals surface area contributed by atoms with Gasteiger partial charge in [-0.25, -0.2) is 4.79 Å². The molecule has 34 heavy (non-hydrogen) atoms. The number of ether oxygens (including phenoxy) is 1. The third-order valence-electron chi connectivity index (χ3n) is 6.45. The third-order valence-corrected chi connectivity index (χ3v) is 7.61. The van der Waals surface area contributed by atoms with Gasteiger partial charge in [0.05, 0.1) is 29.8 Å². The van der Waals surface area contributed by atoms with Gasteiger partial charge in [-0.1, -0.05) is 24.3 Å². The van der Waals surface area contributed by atoms with E-state index in [9.17, 15) is 19.5 Å². The Morgan fingerprint density at radius 3 is 2.35 bits per heavy atom. The predicted octanol–water partition coefficient (Wildman–Crippen LogP) is 3.43. The van der Waals surface area contributed by atoms with Gasteiger partial charge in [0.2, 0.25) is 0 Å². The molecule has 2 aromatic carbocycles. The molecule has 0 fully saturated rings. The molecule has 1 aromatic heterocycles. The molecule has 2 aliphatic rings. The Balaban J connectivity index is 1.51. The minimum absolute atomic E-state index is 0.120. The van der Waals surface area contributed by atoms with Crippen molar-refractivity contribution >= 4 is 34.1 Å². The maximum atomic E-state index is 13.1. The summed E-state index contributed by atoms with van der Waals surface area (Å²) in [5.74, 6) is -0.970. The Bertz CT molecular complexity index is 1270. The zero-order valence-corrected chi connectivity index (χ0v) is 19.3. The number of hydrogen-bond acceptors (Lipinski definition) is 7. The molecular formula is C25H23N3O5S. The highest BCUT2D eigenvalue weighted by Gasteiger charge is 2.41. The van der Waals surface area contributed by atoms with Crippen LogP contribution in [0.4, 0.5) is 5.00 Å². The molecule has 0 aliphatic carbocycles. The van der Waals surface area contributed by atoms with Gasteiger partial charge in [0.1, 0.15) is 10.8 Å². The lowest BCUT2D eigenvalue weighted by Crippen LogP contribution is -2.43. The number of benzene rings is 2. The SMILES string of the molecule is COc1ccc(CN2CCc3c(sc(N)c3C(=O)O)C2CN2C(=O)c3ccccc3C2=O)cc1. The van der Waals surface area contributed by atoms with Crippen molar-refractivity contribution in [1.29, 1.82) is 0 Å². The third kappa shape index (κ3) is 3.63. The summed E-state index contributed by atoms with van der Waals surface area (Å²) in [6.45, 7) is 1.26. The number of carbonyl (C=O) groups excluding carboxylic acids is 2. The summed E-state index contributed by atoms with van der Waals surface area (Å²) in [5.41, 5.74) is 8.76.